The van der Waals surface area contributed by atoms with Gasteiger partial charge in [-0.3, -0.25) is 9.36 Å². The molecule has 11 heteroatoms. The van der Waals surface area contributed by atoms with Crippen LogP contribution in [0.1, 0.15) is 5.56 Å². The second-order valence-electron chi connectivity index (χ2n) is 7.53. The highest BCUT2D eigenvalue weighted by Crippen LogP contribution is 2.41. The van der Waals surface area contributed by atoms with Crippen LogP contribution in [-0.2, 0) is 4.79 Å². The summed E-state index contributed by atoms with van der Waals surface area (Å²) in [6.45, 7) is 0. The van der Waals surface area contributed by atoms with Gasteiger partial charge in [-0.1, -0.05) is 58.0 Å². The number of amides is 1. The highest BCUT2D eigenvalue weighted by atomic mass is 79.9. The first-order valence-electron chi connectivity index (χ1n) is 11.1. The number of halogens is 1. The van der Waals surface area contributed by atoms with E-state index in [0.29, 0.717) is 33.8 Å². The van der Waals surface area contributed by atoms with E-state index in [1.54, 1.807) is 27.5 Å². The number of para-hydroxylation sites is 1. The van der Waals surface area contributed by atoms with E-state index in [1.807, 2.05) is 71.3 Å². The number of hydrogen-bond acceptors (Lipinski definition) is 8. The summed E-state index contributed by atoms with van der Waals surface area (Å²) in [4.78, 5) is 12.5. The topological polar surface area (TPSA) is 99.9 Å². The number of hydrogen-bond donors (Lipinski definition) is 1. The molecule has 0 aliphatic rings. The summed E-state index contributed by atoms with van der Waals surface area (Å²) in [6.07, 6.45) is 1.59. The van der Waals surface area contributed by atoms with Crippen molar-refractivity contribution in [3.63, 3.8) is 0 Å². The highest BCUT2D eigenvalue weighted by Gasteiger charge is 2.21. The molecule has 37 heavy (non-hydrogen) atoms. The predicted octanol–water partition coefficient (Wildman–Crippen LogP) is 4.97. The number of carbonyl (C=O) groups is 1. The number of nitrogens with zero attached hydrogens (tertiary/aromatic N) is 4. The van der Waals surface area contributed by atoms with Gasteiger partial charge in [-0.05, 0) is 42.0 Å². The summed E-state index contributed by atoms with van der Waals surface area (Å²) >= 11 is 4.66. The van der Waals surface area contributed by atoms with E-state index in [0.717, 1.165) is 15.7 Å². The first kappa shape index (κ1) is 26.2. The van der Waals surface area contributed by atoms with Gasteiger partial charge in [0.05, 0.1) is 33.3 Å². The van der Waals surface area contributed by atoms with Crippen molar-refractivity contribution in [2.45, 2.75) is 5.16 Å². The molecule has 1 aromatic heterocycles. The Bertz CT molecular complexity index is 1390. The minimum absolute atomic E-state index is 0.0933. The third kappa shape index (κ3) is 6.30. The average molecular weight is 582 g/mol. The lowest BCUT2D eigenvalue weighted by Gasteiger charge is -2.15. The summed E-state index contributed by atoms with van der Waals surface area (Å²) in [5, 5.41) is 13.4. The molecule has 0 bridgehead atoms. The fraction of sp³-hybridized carbons (Fsp3) is 0.154. The zero-order chi connectivity index (χ0) is 26.2. The van der Waals surface area contributed by atoms with Crippen LogP contribution in [0.2, 0.25) is 0 Å². The maximum Gasteiger partial charge on any atom is 0.250 e. The molecule has 0 saturated carbocycles. The van der Waals surface area contributed by atoms with Crippen LogP contribution in [0, 0.1) is 0 Å². The van der Waals surface area contributed by atoms with Crippen molar-refractivity contribution in [3.8, 4) is 34.3 Å². The standard InChI is InChI=1S/C26H24BrN5O4S/c1-34-21-13-18(14-22(35-2)24(21)36-3)25-30-31-26(32(25)20-10-5-4-6-11-20)37-16-23(33)29-28-15-17-8-7-9-19(27)12-17/h4-15H,16H2,1-3H3,(H,29,33). The Morgan fingerprint density at radius 2 is 1.73 bits per heavy atom. The Morgan fingerprint density at radius 3 is 2.38 bits per heavy atom. The molecule has 0 saturated heterocycles. The van der Waals surface area contributed by atoms with Crippen LogP contribution in [-0.4, -0.2) is 54.0 Å². The number of rotatable bonds is 10. The molecular weight excluding hydrogens is 558 g/mol. The van der Waals surface area contributed by atoms with Gasteiger partial charge in [-0.15, -0.1) is 10.2 Å². The first-order valence-corrected chi connectivity index (χ1v) is 12.8. The van der Waals surface area contributed by atoms with Gasteiger partial charge >= 0.3 is 0 Å². The largest absolute Gasteiger partial charge is 0.493 e. The fourth-order valence-corrected chi connectivity index (χ4v) is 4.66. The molecule has 0 spiro atoms. The molecule has 0 aliphatic carbocycles. The summed E-state index contributed by atoms with van der Waals surface area (Å²) in [5.74, 6) is 1.85. The molecule has 9 nitrogen and oxygen atoms in total. The van der Waals surface area contributed by atoms with Crippen LogP contribution in [0.5, 0.6) is 17.2 Å². The molecule has 3 aromatic carbocycles. The SMILES string of the molecule is COc1cc(-c2nnc(SCC(=O)NN=Cc3cccc(Br)c3)n2-c2ccccc2)cc(OC)c1OC. The van der Waals surface area contributed by atoms with Crippen LogP contribution in [0.3, 0.4) is 0 Å². The number of methoxy groups -OCH3 is 3. The Kier molecular flexibility index (Phi) is 8.81. The molecule has 0 atom stereocenters. The smallest absolute Gasteiger partial charge is 0.250 e. The monoisotopic (exact) mass is 581 g/mol. The minimum Gasteiger partial charge on any atom is -0.493 e. The third-order valence-corrected chi connectivity index (χ3v) is 6.58. The molecule has 1 N–H and O–H groups in total. The van der Waals surface area contributed by atoms with Crippen LogP contribution in [0.15, 0.2) is 81.5 Å². The average Bonchev–Trinajstić information content (AvgIpc) is 3.35. The Balaban J connectivity index is 1.59. The molecule has 1 amide bonds. The molecule has 190 valence electrons. The zero-order valence-electron chi connectivity index (χ0n) is 20.3. The van der Waals surface area contributed by atoms with Crippen LogP contribution in [0.4, 0.5) is 0 Å². The Labute approximate surface area is 227 Å². The molecule has 0 radical (unpaired) electrons. The number of nitrogens with one attached hydrogen (secondary N) is 1. The van der Waals surface area contributed by atoms with Crippen molar-refractivity contribution in [3.05, 3.63) is 76.8 Å². The minimum atomic E-state index is -0.270. The highest BCUT2D eigenvalue weighted by molar-refractivity contribution is 9.10. The van der Waals surface area contributed by atoms with Crippen LogP contribution >= 0.6 is 27.7 Å². The number of carbonyl (C=O) groups excluding carboxylic acids is 1. The second-order valence-corrected chi connectivity index (χ2v) is 9.39. The van der Waals surface area contributed by atoms with E-state index in [2.05, 4.69) is 36.7 Å². The van der Waals surface area contributed by atoms with Gasteiger partial charge in [-0.2, -0.15) is 5.10 Å². The quantitative estimate of drug-likeness (QED) is 0.160. The molecule has 4 rings (SSSR count). The molecule has 4 aromatic rings. The fourth-order valence-electron chi connectivity index (χ4n) is 3.50. The number of ether oxygens (including phenoxy) is 3. The van der Waals surface area contributed by atoms with Crippen molar-refractivity contribution in [1.29, 1.82) is 0 Å². The molecule has 0 fully saturated rings. The number of thioether (sulfide) groups is 1. The van der Waals surface area contributed by atoms with Crippen molar-refractivity contribution < 1.29 is 19.0 Å². The van der Waals surface area contributed by atoms with Crippen LogP contribution < -0.4 is 19.6 Å². The van der Waals surface area contributed by atoms with E-state index in [1.165, 1.54) is 11.8 Å². The molecule has 1 heterocycles. The lowest BCUT2D eigenvalue weighted by molar-refractivity contribution is -0.118. The van der Waals surface area contributed by atoms with Crippen molar-refractivity contribution in [2.24, 2.45) is 5.10 Å². The van der Waals surface area contributed by atoms with Crippen molar-refractivity contribution in [2.75, 3.05) is 27.1 Å². The zero-order valence-corrected chi connectivity index (χ0v) is 22.7. The second kappa shape index (κ2) is 12.4. The Hall–Kier alpha value is -3.83. The maximum atomic E-state index is 12.5. The van der Waals surface area contributed by atoms with Crippen molar-refractivity contribution in [1.82, 2.24) is 20.2 Å². The van der Waals surface area contributed by atoms with Gasteiger partial charge in [0, 0.05) is 15.7 Å². The third-order valence-electron chi connectivity index (χ3n) is 5.15. The number of aromatic nitrogens is 3. The predicted molar refractivity (Wildman–Crippen MR) is 147 cm³/mol. The van der Waals surface area contributed by atoms with E-state index in [9.17, 15) is 4.79 Å². The summed E-state index contributed by atoms with van der Waals surface area (Å²) in [6, 6.07) is 20.9. The molecule has 0 aliphatic heterocycles. The van der Waals surface area contributed by atoms with Gasteiger partial charge < -0.3 is 14.2 Å². The van der Waals surface area contributed by atoms with E-state index in [4.69, 9.17) is 14.2 Å². The summed E-state index contributed by atoms with van der Waals surface area (Å²) in [5.41, 5.74) is 4.96. The van der Waals surface area contributed by atoms with Gasteiger partial charge in [0.1, 0.15) is 0 Å². The van der Waals surface area contributed by atoms with E-state index >= 15 is 0 Å². The number of benzene rings is 3. The van der Waals surface area contributed by atoms with Gasteiger partial charge in [0.2, 0.25) is 5.75 Å². The van der Waals surface area contributed by atoms with Crippen LogP contribution in [0.25, 0.3) is 17.1 Å². The van der Waals surface area contributed by atoms with E-state index < -0.39 is 0 Å². The Morgan fingerprint density at radius 1 is 1.00 bits per heavy atom. The molecular formula is C26H24BrN5O4S. The van der Waals surface area contributed by atoms with E-state index in [-0.39, 0.29) is 11.7 Å². The van der Waals surface area contributed by atoms with Gasteiger partial charge in [0.25, 0.3) is 5.91 Å². The van der Waals surface area contributed by atoms with Crippen molar-refractivity contribution >= 4 is 39.8 Å². The normalized spacial score (nSPS) is 10.9. The van der Waals surface area contributed by atoms with Gasteiger partial charge in [-0.25, -0.2) is 5.43 Å². The van der Waals surface area contributed by atoms with Gasteiger partial charge in [0.15, 0.2) is 22.5 Å². The molecule has 0 unspecified atom stereocenters. The summed E-state index contributed by atoms with van der Waals surface area (Å²) in [7, 11) is 4.67. The first-order chi connectivity index (χ1) is 18.0. The maximum absolute atomic E-state index is 12.5. The lowest BCUT2D eigenvalue weighted by atomic mass is 10.1. The summed E-state index contributed by atoms with van der Waals surface area (Å²) < 4.78 is 19.3. The lowest BCUT2D eigenvalue weighted by Crippen LogP contribution is -2.20. The number of hydrazone groups is 1.